The molecule has 8 heteroatoms. The van der Waals surface area contributed by atoms with Crippen molar-refractivity contribution in [2.24, 2.45) is 5.92 Å². The first-order chi connectivity index (χ1) is 16.6. The molecular weight excluding hydrogens is 464 g/mol. The van der Waals surface area contributed by atoms with E-state index in [4.69, 9.17) is 4.74 Å². The zero-order valence-corrected chi connectivity index (χ0v) is 21.3. The van der Waals surface area contributed by atoms with Gasteiger partial charge in [-0.15, -0.1) is 0 Å². The maximum Gasteiger partial charge on any atom is 0.326 e. The number of nitrogens with one attached hydrogen (secondary N) is 2. The molecule has 0 aliphatic heterocycles. The number of methoxy groups -OCH3 is 1. The molecule has 2 aromatic carbocycles. The van der Waals surface area contributed by atoms with Crippen LogP contribution in [0, 0.1) is 5.92 Å². The second kappa shape index (κ2) is 11.6. The number of ether oxygens (including phenoxy) is 1. The smallest absolute Gasteiger partial charge is 0.326 e. The number of amides is 2. The maximum atomic E-state index is 13.3. The number of aliphatic carboxylic acids is 1. The van der Waals surface area contributed by atoms with Gasteiger partial charge in [0.2, 0.25) is 11.8 Å². The molecule has 2 aromatic rings. The molecule has 0 aromatic heterocycles. The van der Waals surface area contributed by atoms with E-state index >= 15 is 0 Å². The average molecular weight is 499 g/mol. The summed E-state index contributed by atoms with van der Waals surface area (Å²) in [6.07, 6.45) is 2.67. The van der Waals surface area contributed by atoms with Crippen molar-refractivity contribution in [1.82, 2.24) is 10.6 Å². The fraction of sp³-hybridized carbons (Fsp3) is 0.444. The highest BCUT2D eigenvalue weighted by Crippen LogP contribution is 2.31. The molecular formula is C27H34N2O5S. The van der Waals surface area contributed by atoms with Gasteiger partial charge in [-0.25, -0.2) is 4.79 Å². The third-order valence-electron chi connectivity index (χ3n) is 6.57. The monoisotopic (exact) mass is 498 g/mol. The molecule has 188 valence electrons. The van der Waals surface area contributed by atoms with Crippen LogP contribution < -0.4 is 15.4 Å². The number of thiol groups is 1. The Labute approximate surface area is 212 Å². The summed E-state index contributed by atoms with van der Waals surface area (Å²) in [4.78, 5) is 37.9. The molecule has 0 heterocycles. The van der Waals surface area contributed by atoms with Crippen LogP contribution in [-0.2, 0) is 20.8 Å². The highest BCUT2D eigenvalue weighted by molar-refractivity contribution is 7.81. The van der Waals surface area contributed by atoms with Crippen LogP contribution in [-0.4, -0.2) is 46.8 Å². The van der Waals surface area contributed by atoms with E-state index in [1.165, 1.54) is 0 Å². The zero-order chi connectivity index (χ0) is 25.6. The maximum absolute atomic E-state index is 13.3. The van der Waals surface area contributed by atoms with Crippen LogP contribution in [0.1, 0.15) is 45.1 Å². The average Bonchev–Trinajstić information content (AvgIpc) is 3.33. The van der Waals surface area contributed by atoms with Crippen molar-refractivity contribution in [3.05, 3.63) is 54.1 Å². The molecule has 1 aliphatic rings. The van der Waals surface area contributed by atoms with Gasteiger partial charge in [0, 0.05) is 6.42 Å². The molecule has 2 unspecified atom stereocenters. The van der Waals surface area contributed by atoms with Crippen LogP contribution in [0.3, 0.4) is 0 Å². The molecule has 2 atom stereocenters. The normalized spacial score (nSPS) is 16.4. The zero-order valence-electron chi connectivity index (χ0n) is 20.4. The quantitative estimate of drug-likeness (QED) is 0.373. The molecule has 2 amide bonds. The van der Waals surface area contributed by atoms with Crippen LogP contribution in [0.2, 0.25) is 0 Å². The molecule has 0 bridgehead atoms. The lowest BCUT2D eigenvalue weighted by atomic mass is 9.94. The van der Waals surface area contributed by atoms with Crippen molar-refractivity contribution in [2.45, 2.75) is 62.8 Å². The van der Waals surface area contributed by atoms with Crippen molar-refractivity contribution in [3.63, 3.8) is 0 Å². The molecule has 1 aliphatic carbocycles. The number of carbonyl (C=O) groups is 3. The molecule has 3 N–H and O–H groups in total. The Hall–Kier alpha value is -3.00. The molecule has 0 saturated heterocycles. The summed E-state index contributed by atoms with van der Waals surface area (Å²) in [5, 5.41) is 14.8. The number of carboxylic acid groups (broad SMARTS) is 1. The van der Waals surface area contributed by atoms with Crippen LogP contribution >= 0.6 is 12.6 Å². The van der Waals surface area contributed by atoms with Gasteiger partial charge in [0.25, 0.3) is 0 Å². The molecule has 1 fully saturated rings. The standard InChI is InChI=1S/C27H34N2O5S/c1-17(2)23(35)24(30)29-27(14-4-5-15-27)26(33)28-22(25(31)32)16-18-6-8-19(9-7-18)20-10-12-21(34-3)13-11-20/h6-13,17,22-23,35H,4-5,14-16H2,1-3H3,(H,28,33)(H,29,30)(H,31,32). The number of hydrogen-bond acceptors (Lipinski definition) is 5. The first-order valence-electron chi connectivity index (χ1n) is 11.9. The van der Waals surface area contributed by atoms with Gasteiger partial charge in [-0.3, -0.25) is 9.59 Å². The van der Waals surface area contributed by atoms with Gasteiger partial charge in [0.15, 0.2) is 0 Å². The fourth-order valence-corrected chi connectivity index (χ4v) is 4.41. The van der Waals surface area contributed by atoms with E-state index < -0.39 is 28.7 Å². The van der Waals surface area contributed by atoms with Crippen LogP contribution in [0.5, 0.6) is 5.75 Å². The summed E-state index contributed by atoms with van der Waals surface area (Å²) in [6.45, 7) is 3.78. The largest absolute Gasteiger partial charge is 0.497 e. The van der Waals surface area contributed by atoms with Crippen molar-refractivity contribution >= 4 is 30.4 Å². The SMILES string of the molecule is COc1ccc(-c2ccc(CC(NC(=O)C3(NC(=O)C(S)C(C)C)CCCC3)C(=O)O)cc2)cc1. The number of rotatable bonds is 10. The molecule has 3 rings (SSSR count). The van der Waals surface area contributed by atoms with Crippen LogP contribution in [0.4, 0.5) is 0 Å². The minimum Gasteiger partial charge on any atom is -0.497 e. The summed E-state index contributed by atoms with van der Waals surface area (Å²) in [5.74, 6) is -1.09. The Balaban J connectivity index is 1.70. The molecule has 35 heavy (non-hydrogen) atoms. The predicted octanol–water partition coefficient (Wildman–Crippen LogP) is 3.86. The lowest BCUT2D eigenvalue weighted by molar-refractivity contribution is -0.143. The first-order valence-corrected chi connectivity index (χ1v) is 12.4. The lowest BCUT2D eigenvalue weighted by Gasteiger charge is -2.32. The first kappa shape index (κ1) is 26.6. The second-order valence-corrected chi connectivity index (χ2v) is 10.0. The van der Waals surface area contributed by atoms with Crippen LogP contribution in [0.25, 0.3) is 11.1 Å². The van der Waals surface area contributed by atoms with E-state index in [9.17, 15) is 19.5 Å². The number of hydrogen-bond donors (Lipinski definition) is 4. The molecule has 7 nitrogen and oxygen atoms in total. The van der Waals surface area contributed by atoms with E-state index in [0.717, 1.165) is 35.3 Å². The van der Waals surface area contributed by atoms with E-state index in [1.807, 2.05) is 62.4 Å². The minimum absolute atomic E-state index is 0.00695. The van der Waals surface area contributed by atoms with Crippen molar-refractivity contribution < 1.29 is 24.2 Å². The lowest BCUT2D eigenvalue weighted by Crippen LogP contribution is -2.61. The van der Waals surface area contributed by atoms with Crippen molar-refractivity contribution in [2.75, 3.05) is 7.11 Å². The van der Waals surface area contributed by atoms with Gasteiger partial charge in [-0.2, -0.15) is 12.6 Å². The van der Waals surface area contributed by atoms with Gasteiger partial charge >= 0.3 is 5.97 Å². The Kier molecular flexibility index (Phi) is 8.83. The summed E-state index contributed by atoms with van der Waals surface area (Å²) in [6, 6.07) is 14.1. The third kappa shape index (κ3) is 6.57. The Morgan fingerprint density at radius 1 is 1.00 bits per heavy atom. The third-order valence-corrected chi connectivity index (χ3v) is 7.41. The van der Waals surface area contributed by atoms with Crippen molar-refractivity contribution in [1.29, 1.82) is 0 Å². The molecule has 1 saturated carbocycles. The van der Waals surface area contributed by atoms with E-state index in [-0.39, 0.29) is 18.2 Å². The molecule has 0 radical (unpaired) electrons. The highest BCUT2D eigenvalue weighted by Gasteiger charge is 2.44. The van der Waals surface area contributed by atoms with Gasteiger partial charge in [-0.05, 0) is 47.6 Å². The Bertz CT molecular complexity index is 1030. The van der Waals surface area contributed by atoms with Gasteiger partial charge < -0.3 is 20.5 Å². The Morgan fingerprint density at radius 2 is 1.54 bits per heavy atom. The summed E-state index contributed by atoms with van der Waals surface area (Å²) in [5.41, 5.74) is 1.70. The van der Waals surface area contributed by atoms with E-state index in [2.05, 4.69) is 23.3 Å². The summed E-state index contributed by atoms with van der Waals surface area (Å²) >= 11 is 4.37. The van der Waals surface area contributed by atoms with E-state index in [1.54, 1.807) is 7.11 Å². The van der Waals surface area contributed by atoms with Gasteiger partial charge in [0.05, 0.1) is 12.4 Å². The second-order valence-electron chi connectivity index (χ2n) is 9.46. The van der Waals surface area contributed by atoms with Gasteiger partial charge in [0.1, 0.15) is 17.3 Å². The predicted molar refractivity (Wildman–Crippen MR) is 139 cm³/mol. The highest BCUT2D eigenvalue weighted by atomic mass is 32.1. The summed E-state index contributed by atoms with van der Waals surface area (Å²) in [7, 11) is 1.62. The topological polar surface area (TPSA) is 105 Å². The van der Waals surface area contributed by atoms with E-state index in [0.29, 0.717) is 12.8 Å². The summed E-state index contributed by atoms with van der Waals surface area (Å²) < 4.78 is 5.19. The van der Waals surface area contributed by atoms with Crippen LogP contribution in [0.15, 0.2) is 48.5 Å². The Morgan fingerprint density at radius 3 is 2.03 bits per heavy atom. The van der Waals surface area contributed by atoms with Gasteiger partial charge in [-0.1, -0.05) is 63.1 Å². The number of carboxylic acids is 1. The number of benzene rings is 2. The number of carbonyl (C=O) groups excluding carboxylic acids is 2. The fourth-order valence-electron chi connectivity index (χ4n) is 4.35. The van der Waals surface area contributed by atoms with Crippen molar-refractivity contribution in [3.8, 4) is 16.9 Å². The minimum atomic E-state index is -1.12. The molecule has 0 spiro atoms.